The average Bonchev–Trinajstić information content (AvgIpc) is 3.28. The zero-order chi connectivity index (χ0) is 25.2. The molecule has 1 heterocycles. The van der Waals surface area contributed by atoms with E-state index in [9.17, 15) is 14.0 Å². The molecule has 1 aromatic heterocycles. The van der Waals surface area contributed by atoms with Crippen molar-refractivity contribution in [2.75, 3.05) is 33.9 Å². The van der Waals surface area contributed by atoms with Gasteiger partial charge in [0.1, 0.15) is 18.1 Å². The summed E-state index contributed by atoms with van der Waals surface area (Å²) in [4.78, 5) is 31.2. The molecule has 2 aromatic carbocycles. The third-order valence-electron chi connectivity index (χ3n) is 5.67. The zero-order valence-corrected chi connectivity index (χ0v) is 21.1. The maximum Gasteiger partial charge on any atom is 0.254 e. The van der Waals surface area contributed by atoms with Gasteiger partial charge < -0.3 is 19.3 Å². The van der Waals surface area contributed by atoms with E-state index in [4.69, 9.17) is 9.47 Å². The molecule has 0 aliphatic rings. The molecule has 3 aromatic rings. The number of amides is 2. The molecule has 0 saturated heterocycles. The number of hydrogen-bond donors (Lipinski definition) is 0. The summed E-state index contributed by atoms with van der Waals surface area (Å²) >= 11 is 1.59. The van der Waals surface area contributed by atoms with Crippen molar-refractivity contribution in [3.05, 3.63) is 87.4 Å². The number of hydrogen-bond acceptors (Lipinski definition) is 5. The van der Waals surface area contributed by atoms with Crippen molar-refractivity contribution in [3.63, 3.8) is 0 Å². The van der Waals surface area contributed by atoms with Gasteiger partial charge in [0.15, 0.2) is 0 Å². The standard InChI is InChI=1S/C27H31FN2O4S/c1-20-13-16-35-25(20)18-30(17-21-5-9-23(28)10-6-21)26(31)19-29(14-4-15-33-2)27(32)22-7-11-24(34-3)12-8-22/h5-13,16H,4,14-15,17-19H2,1-3H3. The van der Waals surface area contributed by atoms with Crippen LogP contribution in [0.5, 0.6) is 5.75 Å². The summed E-state index contributed by atoms with van der Waals surface area (Å²) in [6.45, 7) is 3.54. The number of carbonyl (C=O) groups is 2. The molecule has 3 rings (SSSR count). The Morgan fingerprint density at radius 3 is 2.26 bits per heavy atom. The number of thiophene rings is 1. The SMILES string of the molecule is COCCCN(CC(=O)N(Cc1ccc(F)cc1)Cc1sccc1C)C(=O)c1ccc(OC)cc1. The molecule has 35 heavy (non-hydrogen) atoms. The van der Waals surface area contributed by atoms with Crippen LogP contribution in [0.3, 0.4) is 0 Å². The Balaban J connectivity index is 1.81. The van der Waals surface area contributed by atoms with Gasteiger partial charge in [0.2, 0.25) is 5.91 Å². The van der Waals surface area contributed by atoms with Crippen LogP contribution in [0.15, 0.2) is 60.0 Å². The van der Waals surface area contributed by atoms with Crippen molar-refractivity contribution in [2.45, 2.75) is 26.4 Å². The Labute approximate surface area is 209 Å². The first-order valence-corrected chi connectivity index (χ1v) is 12.3. The molecule has 8 heteroatoms. The van der Waals surface area contributed by atoms with Gasteiger partial charge in [-0.05, 0) is 72.3 Å². The first-order chi connectivity index (χ1) is 16.9. The molecule has 6 nitrogen and oxygen atoms in total. The maximum absolute atomic E-state index is 13.5. The number of carbonyl (C=O) groups excluding carboxylic acids is 2. The van der Waals surface area contributed by atoms with E-state index in [1.807, 2.05) is 18.4 Å². The molecular formula is C27H31FN2O4S. The second kappa shape index (κ2) is 13.0. The van der Waals surface area contributed by atoms with E-state index in [1.54, 1.807) is 71.8 Å². The lowest BCUT2D eigenvalue weighted by Crippen LogP contribution is -2.43. The minimum Gasteiger partial charge on any atom is -0.497 e. The predicted octanol–water partition coefficient (Wildman–Crippen LogP) is 4.91. The van der Waals surface area contributed by atoms with E-state index in [1.165, 1.54) is 12.1 Å². The van der Waals surface area contributed by atoms with Crippen molar-refractivity contribution in [1.82, 2.24) is 9.80 Å². The van der Waals surface area contributed by atoms with Gasteiger partial charge in [-0.1, -0.05) is 12.1 Å². The number of halogens is 1. The normalized spacial score (nSPS) is 10.7. The fourth-order valence-electron chi connectivity index (χ4n) is 3.61. The molecule has 0 spiro atoms. The minimum absolute atomic E-state index is 0.0693. The lowest BCUT2D eigenvalue weighted by Gasteiger charge is -2.28. The number of benzene rings is 2. The molecule has 0 radical (unpaired) electrons. The van der Waals surface area contributed by atoms with Gasteiger partial charge in [0.25, 0.3) is 5.91 Å². The van der Waals surface area contributed by atoms with Crippen molar-refractivity contribution in [3.8, 4) is 5.75 Å². The second-order valence-corrected chi connectivity index (χ2v) is 9.21. The lowest BCUT2D eigenvalue weighted by molar-refractivity contribution is -0.133. The molecule has 0 atom stereocenters. The smallest absolute Gasteiger partial charge is 0.254 e. The highest BCUT2D eigenvalue weighted by Gasteiger charge is 2.23. The maximum atomic E-state index is 13.5. The van der Waals surface area contributed by atoms with Gasteiger partial charge in [0.05, 0.1) is 13.7 Å². The summed E-state index contributed by atoms with van der Waals surface area (Å²) in [5.74, 6) is -0.0805. The largest absolute Gasteiger partial charge is 0.497 e. The van der Waals surface area contributed by atoms with Crippen LogP contribution in [0.25, 0.3) is 0 Å². The van der Waals surface area contributed by atoms with Crippen LogP contribution in [-0.4, -0.2) is 55.5 Å². The lowest BCUT2D eigenvalue weighted by atomic mass is 10.1. The monoisotopic (exact) mass is 498 g/mol. The summed E-state index contributed by atoms with van der Waals surface area (Å²) in [7, 11) is 3.17. The van der Waals surface area contributed by atoms with Crippen LogP contribution < -0.4 is 4.74 Å². The Hall–Kier alpha value is -3.23. The minimum atomic E-state index is -0.324. The molecule has 0 bridgehead atoms. The van der Waals surface area contributed by atoms with Gasteiger partial charge in [-0.25, -0.2) is 4.39 Å². The second-order valence-electron chi connectivity index (χ2n) is 8.20. The first kappa shape index (κ1) is 26.4. The van der Waals surface area contributed by atoms with Crippen molar-refractivity contribution in [2.24, 2.45) is 0 Å². The summed E-state index contributed by atoms with van der Waals surface area (Å²) < 4.78 is 23.8. The van der Waals surface area contributed by atoms with Gasteiger partial charge >= 0.3 is 0 Å². The summed E-state index contributed by atoms with van der Waals surface area (Å²) in [6.07, 6.45) is 0.605. The van der Waals surface area contributed by atoms with E-state index in [0.29, 0.717) is 44.0 Å². The van der Waals surface area contributed by atoms with Crippen LogP contribution in [0.4, 0.5) is 4.39 Å². The number of rotatable bonds is 12. The number of aryl methyl sites for hydroxylation is 1. The fourth-order valence-corrected chi connectivity index (χ4v) is 4.53. The highest BCUT2D eigenvalue weighted by atomic mass is 32.1. The van der Waals surface area contributed by atoms with Crippen LogP contribution >= 0.6 is 11.3 Å². The Morgan fingerprint density at radius 2 is 1.66 bits per heavy atom. The molecule has 0 saturated carbocycles. The fraction of sp³-hybridized carbons (Fsp3) is 0.333. The van der Waals surface area contributed by atoms with E-state index in [-0.39, 0.29) is 24.2 Å². The van der Waals surface area contributed by atoms with Crippen molar-refractivity contribution in [1.29, 1.82) is 0 Å². The molecule has 186 valence electrons. The topological polar surface area (TPSA) is 59.1 Å². The van der Waals surface area contributed by atoms with Gasteiger partial charge in [-0.3, -0.25) is 9.59 Å². The van der Waals surface area contributed by atoms with Crippen molar-refractivity contribution < 1.29 is 23.5 Å². The van der Waals surface area contributed by atoms with E-state index < -0.39 is 0 Å². The molecule has 0 aliphatic heterocycles. The van der Waals surface area contributed by atoms with Gasteiger partial charge in [0, 0.05) is 37.2 Å². The Bertz CT molecular complexity index is 1100. The third kappa shape index (κ3) is 7.63. The molecule has 0 N–H and O–H groups in total. The average molecular weight is 499 g/mol. The molecule has 2 amide bonds. The molecule has 0 aliphatic carbocycles. The quantitative estimate of drug-likeness (QED) is 0.333. The van der Waals surface area contributed by atoms with Crippen LogP contribution in [0.1, 0.15) is 32.8 Å². The van der Waals surface area contributed by atoms with Crippen molar-refractivity contribution >= 4 is 23.2 Å². The summed E-state index contributed by atoms with van der Waals surface area (Å²) in [6, 6.07) is 15.0. The third-order valence-corrected chi connectivity index (χ3v) is 6.68. The predicted molar refractivity (Wildman–Crippen MR) is 135 cm³/mol. The van der Waals surface area contributed by atoms with Crippen LogP contribution in [0.2, 0.25) is 0 Å². The highest BCUT2D eigenvalue weighted by Crippen LogP contribution is 2.20. The molecular weight excluding hydrogens is 467 g/mol. The van der Waals surface area contributed by atoms with Crippen LogP contribution in [-0.2, 0) is 22.6 Å². The number of nitrogens with zero attached hydrogens (tertiary/aromatic N) is 2. The first-order valence-electron chi connectivity index (χ1n) is 11.4. The number of ether oxygens (including phenoxy) is 2. The zero-order valence-electron chi connectivity index (χ0n) is 20.3. The van der Waals surface area contributed by atoms with E-state index >= 15 is 0 Å². The Morgan fingerprint density at radius 1 is 0.943 bits per heavy atom. The molecule has 0 fully saturated rings. The summed E-state index contributed by atoms with van der Waals surface area (Å²) in [5.41, 5.74) is 2.41. The van der Waals surface area contributed by atoms with Gasteiger partial charge in [-0.2, -0.15) is 0 Å². The molecule has 0 unspecified atom stereocenters. The van der Waals surface area contributed by atoms with Crippen LogP contribution in [0, 0.1) is 12.7 Å². The highest BCUT2D eigenvalue weighted by molar-refractivity contribution is 7.10. The van der Waals surface area contributed by atoms with Gasteiger partial charge in [-0.15, -0.1) is 11.3 Å². The Kier molecular flexibility index (Phi) is 9.81. The number of methoxy groups -OCH3 is 2. The van der Waals surface area contributed by atoms with E-state index in [2.05, 4.69) is 0 Å². The summed E-state index contributed by atoms with van der Waals surface area (Å²) in [5, 5.41) is 2.00. The van der Waals surface area contributed by atoms with E-state index in [0.717, 1.165) is 16.0 Å².